The lowest BCUT2D eigenvalue weighted by atomic mass is 10.0. The molecule has 0 aromatic rings. The number of carbonyl (C=O) groups is 1. The van der Waals surface area contributed by atoms with Crippen LogP contribution >= 0.6 is 0 Å². The second-order valence-corrected chi connectivity index (χ2v) is 3.82. The Kier molecular flexibility index (Phi) is 2.56. The summed E-state index contributed by atoms with van der Waals surface area (Å²) < 4.78 is 24.8. The van der Waals surface area contributed by atoms with E-state index in [1.807, 2.05) is 0 Å². The first-order valence-electron chi connectivity index (χ1n) is 4.26. The van der Waals surface area contributed by atoms with Crippen molar-refractivity contribution in [2.45, 2.75) is 25.8 Å². The fourth-order valence-corrected chi connectivity index (χ4v) is 1.16. The van der Waals surface area contributed by atoms with E-state index in [1.165, 1.54) is 0 Å². The minimum Gasteiger partial charge on any atom is -0.329 e. The van der Waals surface area contributed by atoms with Crippen molar-refractivity contribution < 1.29 is 13.6 Å². The summed E-state index contributed by atoms with van der Waals surface area (Å²) >= 11 is 0. The van der Waals surface area contributed by atoms with Gasteiger partial charge in [-0.15, -0.1) is 0 Å². The number of hydrogen-bond donors (Lipinski definition) is 1. The van der Waals surface area contributed by atoms with E-state index in [1.54, 1.807) is 13.8 Å². The summed E-state index contributed by atoms with van der Waals surface area (Å²) in [4.78, 5) is 12.4. The number of nitrogens with two attached hydrogens (primary N) is 1. The van der Waals surface area contributed by atoms with E-state index in [0.29, 0.717) is 0 Å². The topological polar surface area (TPSA) is 46.3 Å². The molecule has 1 amide bonds. The molecule has 1 rings (SSSR count). The van der Waals surface area contributed by atoms with Gasteiger partial charge in [-0.2, -0.15) is 0 Å². The van der Waals surface area contributed by atoms with Crippen LogP contribution in [0.5, 0.6) is 0 Å². The first-order valence-corrected chi connectivity index (χ1v) is 4.26. The van der Waals surface area contributed by atoms with Crippen molar-refractivity contribution in [3.05, 3.63) is 0 Å². The molecule has 0 aliphatic carbocycles. The molecule has 5 heteroatoms. The fourth-order valence-electron chi connectivity index (χ4n) is 1.16. The van der Waals surface area contributed by atoms with Crippen LogP contribution in [0.4, 0.5) is 8.78 Å². The third-order valence-electron chi connectivity index (χ3n) is 2.16. The average Bonchev–Trinajstić information content (AvgIpc) is 1.97. The number of alkyl halides is 2. The zero-order chi connectivity index (χ0) is 10.2. The van der Waals surface area contributed by atoms with E-state index < -0.39 is 25.1 Å². The van der Waals surface area contributed by atoms with Crippen molar-refractivity contribution in [2.24, 2.45) is 11.7 Å². The molecule has 0 spiro atoms. The number of rotatable bonds is 2. The molecule has 0 radical (unpaired) electrons. The van der Waals surface area contributed by atoms with Crippen molar-refractivity contribution in [1.29, 1.82) is 0 Å². The molecule has 1 unspecified atom stereocenters. The highest BCUT2D eigenvalue weighted by molar-refractivity contribution is 5.82. The molecule has 3 nitrogen and oxygen atoms in total. The van der Waals surface area contributed by atoms with Gasteiger partial charge in [-0.25, -0.2) is 8.78 Å². The standard InChI is InChI=1S/C8H14F2N2O/c1-5(2)6(11)7(13)12-3-8(9,10)4-12/h5-6H,3-4,11H2,1-2H3. The molecule has 0 aromatic carbocycles. The Morgan fingerprint density at radius 2 is 1.92 bits per heavy atom. The van der Waals surface area contributed by atoms with Gasteiger partial charge < -0.3 is 10.6 Å². The Morgan fingerprint density at radius 3 is 2.23 bits per heavy atom. The van der Waals surface area contributed by atoms with Crippen LogP contribution in [0.15, 0.2) is 0 Å². The first-order chi connectivity index (χ1) is 5.83. The molecule has 0 aromatic heterocycles. The minimum atomic E-state index is -2.70. The van der Waals surface area contributed by atoms with Gasteiger partial charge in [0.1, 0.15) is 0 Å². The average molecular weight is 192 g/mol. The lowest BCUT2D eigenvalue weighted by Crippen LogP contribution is -2.62. The number of carbonyl (C=O) groups excluding carboxylic acids is 1. The van der Waals surface area contributed by atoms with Gasteiger partial charge in [-0.3, -0.25) is 4.79 Å². The molecule has 1 heterocycles. The zero-order valence-corrected chi connectivity index (χ0v) is 7.76. The Morgan fingerprint density at radius 1 is 1.46 bits per heavy atom. The highest BCUT2D eigenvalue weighted by atomic mass is 19.3. The van der Waals surface area contributed by atoms with Crippen LogP contribution < -0.4 is 5.73 Å². The summed E-state index contributed by atoms with van der Waals surface area (Å²) in [5.41, 5.74) is 5.52. The van der Waals surface area contributed by atoms with E-state index in [4.69, 9.17) is 5.73 Å². The molecular weight excluding hydrogens is 178 g/mol. The quantitative estimate of drug-likeness (QED) is 0.690. The molecule has 76 valence electrons. The molecular formula is C8H14F2N2O. The number of nitrogens with zero attached hydrogens (tertiary/aromatic N) is 1. The minimum absolute atomic E-state index is 0.0123. The van der Waals surface area contributed by atoms with Gasteiger partial charge in [-0.1, -0.05) is 13.8 Å². The molecule has 0 bridgehead atoms. The van der Waals surface area contributed by atoms with E-state index in [9.17, 15) is 13.6 Å². The summed E-state index contributed by atoms with van der Waals surface area (Å²) in [7, 11) is 0. The van der Waals surface area contributed by atoms with E-state index in [2.05, 4.69) is 0 Å². The molecule has 0 saturated carbocycles. The van der Waals surface area contributed by atoms with Gasteiger partial charge in [0.15, 0.2) is 0 Å². The maximum Gasteiger partial charge on any atom is 0.282 e. The Labute approximate surface area is 75.9 Å². The fraction of sp³-hybridized carbons (Fsp3) is 0.875. The summed E-state index contributed by atoms with van der Waals surface area (Å²) in [6.45, 7) is 2.62. The number of amides is 1. The Hall–Kier alpha value is -0.710. The zero-order valence-electron chi connectivity index (χ0n) is 7.76. The summed E-state index contributed by atoms with van der Waals surface area (Å²) in [6.07, 6.45) is 0. The lowest BCUT2D eigenvalue weighted by Gasteiger charge is -2.40. The predicted octanol–water partition coefficient (Wildman–Crippen LogP) is 0.447. The highest BCUT2D eigenvalue weighted by Crippen LogP contribution is 2.27. The molecule has 1 aliphatic rings. The summed E-state index contributed by atoms with van der Waals surface area (Å²) in [6, 6.07) is -0.656. The Bertz CT molecular complexity index is 210. The van der Waals surface area contributed by atoms with Crippen molar-refractivity contribution in [3.8, 4) is 0 Å². The van der Waals surface area contributed by atoms with Gasteiger partial charge in [-0.05, 0) is 5.92 Å². The molecule has 1 fully saturated rings. The van der Waals surface area contributed by atoms with Crippen LogP contribution in [-0.2, 0) is 4.79 Å². The van der Waals surface area contributed by atoms with Gasteiger partial charge in [0, 0.05) is 0 Å². The SMILES string of the molecule is CC(C)C(N)C(=O)N1CC(F)(F)C1. The maximum absolute atomic E-state index is 12.4. The predicted molar refractivity (Wildman–Crippen MR) is 44.3 cm³/mol. The molecule has 1 aliphatic heterocycles. The van der Waals surface area contributed by atoms with Gasteiger partial charge in [0.05, 0.1) is 19.1 Å². The van der Waals surface area contributed by atoms with Crippen molar-refractivity contribution in [1.82, 2.24) is 4.90 Å². The van der Waals surface area contributed by atoms with Crippen LogP contribution in [0.3, 0.4) is 0 Å². The van der Waals surface area contributed by atoms with Crippen LogP contribution in [0.25, 0.3) is 0 Å². The normalized spacial score (nSPS) is 22.8. The third-order valence-corrected chi connectivity index (χ3v) is 2.16. The third kappa shape index (κ3) is 2.15. The van der Waals surface area contributed by atoms with Crippen LogP contribution in [0.2, 0.25) is 0 Å². The van der Waals surface area contributed by atoms with Crippen molar-refractivity contribution in [3.63, 3.8) is 0 Å². The monoisotopic (exact) mass is 192 g/mol. The number of hydrogen-bond acceptors (Lipinski definition) is 2. The molecule has 1 atom stereocenters. The van der Waals surface area contributed by atoms with Crippen LogP contribution in [0, 0.1) is 5.92 Å². The maximum atomic E-state index is 12.4. The second kappa shape index (κ2) is 3.21. The smallest absolute Gasteiger partial charge is 0.282 e. The van der Waals surface area contributed by atoms with Crippen molar-refractivity contribution in [2.75, 3.05) is 13.1 Å². The molecule has 2 N–H and O–H groups in total. The van der Waals surface area contributed by atoms with Gasteiger partial charge in [0.2, 0.25) is 5.91 Å². The van der Waals surface area contributed by atoms with Crippen molar-refractivity contribution >= 4 is 5.91 Å². The number of halogens is 2. The summed E-state index contributed by atoms with van der Waals surface area (Å²) in [5, 5.41) is 0. The van der Waals surface area contributed by atoms with E-state index >= 15 is 0 Å². The lowest BCUT2D eigenvalue weighted by molar-refractivity contribution is -0.167. The van der Waals surface area contributed by atoms with E-state index in [0.717, 1.165) is 4.90 Å². The highest BCUT2D eigenvalue weighted by Gasteiger charge is 2.47. The van der Waals surface area contributed by atoms with E-state index in [-0.39, 0.29) is 11.8 Å². The Balaban J connectivity index is 2.43. The number of likely N-dealkylation sites (tertiary alicyclic amines) is 1. The van der Waals surface area contributed by atoms with Gasteiger partial charge >= 0.3 is 0 Å². The largest absolute Gasteiger partial charge is 0.329 e. The summed E-state index contributed by atoms with van der Waals surface area (Å²) in [5.74, 6) is -3.09. The molecule has 1 saturated heterocycles. The second-order valence-electron chi connectivity index (χ2n) is 3.82. The van der Waals surface area contributed by atoms with Gasteiger partial charge in [0.25, 0.3) is 5.92 Å². The van der Waals surface area contributed by atoms with Crippen LogP contribution in [-0.4, -0.2) is 35.9 Å². The first kappa shape index (κ1) is 10.4. The van der Waals surface area contributed by atoms with Crippen LogP contribution in [0.1, 0.15) is 13.8 Å². The molecule has 13 heavy (non-hydrogen) atoms.